The molecule has 2 amide bonds. The molecule has 1 saturated heterocycles. The number of hydrogen-bond donors (Lipinski definition) is 1. The molecule has 5 rings (SSSR count). The van der Waals surface area contributed by atoms with Crippen LogP contribution in [0.5, 0.6) is 0 Å². The van der Waals surface area contributed by atoms with Crippen LogP contribution in [0.3, 0.4) is 0 Å². The number of carbonyl (C=O) groups excluding carboxylic acids is 2. The highest BCUT2D eigenvalue weighted by molar-refractivity contribution is 5.97. The summed E-state index contributed by atoms with van der Waals surface area (Å²) in [6, 6.07) is 0. The molecule has 1 aliphatic carbocycles. The van der Waals surface area contributed by atoms with E-state index in [1.54, 1.807) is 6.92 Å². The van der Waals surface area contributed by atoms with Crippen molar-refractivity contribution < 1.29 is 14.0 Å². The molecule has 32 heavy (non-hydrogen) atoms. The van der Waals surface area contributed by atoms with Crippen molar-refractivity contribution in [3.8, 4) is 0 Å². The van der Waals surface area contributed by atoms with Gasteiger partial charge < -0.3 is 19.5 Å². The zero-order valence-electron chi connectivity index (χ0n) is 19.2. The van der Waals surface area contributed by atoms with E-state index in [1.165, 1.54) is 0 Å². The van der Waals surface area contributed by atoms with Crippen LogP contribution in [0.4, 0.5) is 5.82 Å². The van der Waals surface area contributed by atoms with Gasteiger partial charge in [0.1, 0.15) is 23.2 Å². The van der Waals surface area contributed by atoms with Gasteiger partial charge in [-0.25, -0.2) is 9.97 Å². The number of aryl methyl sites for hydroxylation is 2. The number of fused-ring (bicyclic) bond motifs is 2. The summed E-state index contributed by atoms with van der Waals surface area (Å²) in [5.74, 6) is 3.64. The summed E-state index contributed by atoms with van der Waals surface area (Å²) < 4.78 is 5.95. The van der Waals surface area contributed by atoms with Gasteiger partial charge in [0.2, 0.25) is 5.91 Å². The van der Waals surface area contributed by atoms with Crippen LogP contribution in [-0.2, 0) is 30.6 Å². The van der Waals surface area contributed by atoms with Gasteiger partial charge in [0.05, 0.1) is 17.8 Å². The average molecular weight is 438 g/mol. The zero-order chi connectivity index (χ0) is 22.4. The number of aromatic nitrogens is 2. The third-order valence-corrected chi connectivity index (χ3v) is 7.16. The van der Waals surface area contributed by atoms with Crippen molar-refractivity contribution in [2.75, 3.05) is 32.0 Å². The molecule has 2 aromatic rings. The number of hydrogen-bond acceptors (Lipinski definition) is 6. The van der Waals surface area contributed by atoms with Crippen molar-refractivity contribution in [3.05, 3.63) is 39.7 Å². The van der Waals surface area contributed by atoms with Crippen molar-refractivity contribution in [3.63, 3.8) is 0 Å². The summed E-state index contributed by atoms with van der Waals surface area (Å²) in [4.78, 5) is 38.7. The number of carbonyl (C=O) groups is 2. The minimum Gasteiger partial charge on any atom is -0.465 e. The molecule has 1 fully saturated rings. The topological polar surface area (TPSA) is 91.6 Å². The largest absolute Gasteiger partial charge is 0.465 e. The first-order valence-electron chi connectivity index (χ1n) is 11.7. The van der Waals surface area contributed by atoms with E-state index in [-0.39, 0.29) is 17.7 Å². The fraction of sp³-hybridized carbons (Fsp3) is 0.583. The van der Waals surface area contributed by atoms with Crippen LogP contribution in [0.15, 0.2) is 4.42 Å². The minimum absolute atomic E-state index is 0.0547. The van der Waals surface area contributed by atoms with Gasteiger partial charge in [0.15, 0.2) is 0 Å². The molecule has 0 bridgehead atoms. The minimum atomic E-state index is 0.0547. The Kier molecular flexibility index (Phi) is 5.39. The molecule has 1 N–H and O–H groups in total. The SMILES string of the molecule is CNc1nc([C@H]2CCN(C(C)=O)C2)nc2c1CN(C(=O)c1c(C)oc3c1CCCC3)CC2. The number of likely N-dealkylation sites (tertiary alicyclic amines) is 1. The first kappa shape index (κ1) is 21.0. The summed E-state index contributed by atoms with van der Waals surface area (Å²) >= 11 is 0. The lowest BCUT2D eigenvalue weighted by molar-refractivity contribution is -0.127. The van der Waals surface area contributed by atoms with Gasteiger partial charge in [-0.2, -0.15) is 0 Å². The van der Waals surface area contributed by atoms with Crippen molar-refractivity contribution in [2.45, 2.75) is 64.8 Å². The molecule has 1 atom stereocenters. The van der Waals surface area contributed by atoms with Gasteiger partial charge in [0, 0.05) is 63.5 Å². The molecule has 4 heterocycles. The van der Waals surface area contributed by atoms with Gasteiger partial charge in [-0.05, 0) is 32.6 Å². The zero-order valence-corrected chi connectivity index (χ0v) is 19.2. The van der Waals surface area contributed by atoms with Gasteiger partial charge in [-0.15, -0.1) is 0 Å². The summed E-state index contributed by atoms with van der Waals surface area (Å²) in [6.07, 6.45) is 5.67. The molecule has 0 radical (unpaired) electrons. The highest BCUT2D eigenvalue weighted by Crippen LogP contribution is 2.33. The fourth-order valence-electron chi connectivity index (χ4n) is 5.39. The molecule has 0 unspecified atom stereocenters. The predicted octanol–water partition coefficient (Wildman–Crippen LogP) is 2.83. The normalized spacial score (nSPS) is 20.2. The summed E-state index contributed by atoms with van der Waals surface area (Å²) in [5.41, 5.74) is 3.88. The van der Waals surface area contributed by atoms with E-state index >= 15 is 0 Å². The highest BCUT2D eigenvalue weighted by Gasteiger charge is 2.33. The quantitative estimate of drug-likeness (QED) is 0.794. The van der Waals surface area contributed by atoms with Crippen LogP contribution in [0.25, 0.3) is 0 Å². The van der Waals surface area contributed by atoms with E-state index in [9.17, 15) is 9.59 Å². The van der Waals surface area contributed by atoms with Crippen LogP contribution < -0.4 is 5.32 Å². The van der Waals surface area contributed by atoms with E-state index in [2.05, 4.69) is 5.32 Å². The Morgan fingerprint density at radius 3 is 2.62 bits per heavy atom. The molecule has 170 valence electrons. The molecular formula is C24H31N5O3. The second-order valence-corrected chi connectivity index (χ2v) is 9.18. The first-order chi connectivity index (χ1) is 15.5. The molecule has 2 aromatic heterocycles. The van der Waals surface area contributed by atoms with Crippen molar-refractivity contribution >= 4 is 17.6 Å². The summed E-state index contributed by atoms with van der Waals surface area (Å²) in [5, 5.41) is 3.22. The second-order valence-electron chi connectivity index (χ2n) is 9.18. The summed E-state index contributed by atoms with van der Waals surface area (Å²) in [6.45, 7) is 6.07. The Bertz CT molecular complexity index is 1060. The number of amides is 2. The number of anilines is 1. The Hall–Kier alpha value is -2.90. The molecule has 0 spiro atoms. The number of nitrogens with one attached hydrogen (secondary N) is 1. The van der Waals surface area contributed by atoms with Crippen LogP contribution in [0.1, 0.15) is 76.6 Å². The van der Waals surface area contributed by atoms with Gasteiger partial charge >= 0.3 is 0 Å². The van der Waals surface area contributed by atoms with E-state index in [0.717, 1.165) is 84.2 Å². The molecule has 8 nitrogen and oxygen atoms in total. The smallest absolute Gasteiger partial charge is 0.258 e. The molecule has 0 saturated carbocycles. The maximum Gasteiger partial charge on any atom is 0.258 e. The fourth-order valence-corrected chi connectivity index (χ4v) is 5.39. The van der Waals surface area contributed by atoms with Gasteiger partial charge in [-0.3, -0.25) is 9.59 Å². The van der Waals surface area contributed by atoms with Crippen LogP contribution in [0.2, 0.25) is 0 Å². The van der Waals surface area contributed by atoms with Crippen LogP contribution in [0, 0.1) is 6.92 Å². The monoisotopic (exact) mass is 437 g/mol. The Morgan fingerprint density at radius 2 is 1.88 bits per heavy atom. The van der Waals surface area contributed by atoms with Gasteiger partial charge in [0.25, 0.3) is 5.91 Å². The second kappa shape index (κ2) is 8.22. The molecule has 2 aliphatic heterocycles. The number of furan rings is 1. The van der Waals surface area contributed by atoms with E-state index in [1.807, 2.05) is 23.8 Å². The van der Waals surface area contributed by atoms with E-state index in [0.29, 0.717) is 26.1 Å². The van der Waals surface area contributed by atoms with Crippen molar-refractivity contribution in [2.24, 2.45) is 0 Å². The lowest BCUT2D eigenvalue weighted by atomic mass is 9.93. The lowest BCUT2D eigenvalue weighted by Crippen LogP contribution is -2.38. The Labute approximate surface area is 188 Å². The Morgan fingerprint density at radius 1 is 1.06 bits per heavy atom. The third kappa shape index (κ3) is 3.55. The van der Waals surface area contributed by atoms with Crippen LogP contribution >= 0.6 is 0 Å². The van der Waals surface area contributed by atoms with E-state index in [4.69, 9.17) is 14.4 Å². The first-order valence-corrected chi connectivity index (χ1v) is 11.7. The van der Waals surface area contributed by atoms with Crippen molar-refractivity contribution in [1.29, 1.82) is 0 Å². The maximum atomic E-state index is 13.5. The van der Waals surface area contributed by atoms with Crippen LogP contribution in [-0.4, -0.2) is 58.3 Å². The molecule has 3 aliphatic rings. The molecule has 0 aromatic carbocycles. The maximum absolute atomic E-state index is 13.5. The Balaban J connectivity index is 1.40. The standard InChI is InChI=1S/C24H31N5O3/c1-14-21(17-6-4-5-7-20(17)32-14)24(31)29-11-9-19-18(13-29)23(25-3)27-22(26-19)16-8-10-28(12-16)15(2)30/h16H,4-13H2,1-3H3,(H,25,26,27)/t16-/m0/s1. The molecule has 8 heteroatoms. The third-order valence-electron chi connectivity index (χ3n) is 7.16. The molecular weight excluding hydrogens is 406 g/mol. The average Bonchev–Trinajstić information content (AvgIpc) is 3.42. The lowest BCUT2D eigenvalue weighted by Gasteiger charge is -2.30. The summed E-state index contributed by atoms with van der Waals surface area (Å²) in [7, 11) is 1.86. The van der Waals surface area contributed by atoms with E-state index < -0.39 is 0 Å². The van der Waals surface area contributed by atoms with Crippen molar-refractivity contribution in [1.82, 2.24) is 19.8 Å². The number of nitrogens with zero attached hydrogens (tertiary/aromatic N) is 4. The predicted molar refractivity (Wildman–Crippen MR) is 120 cm³/mol. The van der Waals surface area contributed by atoms with Gasteiger partial charge in [-0.1, -0.05) is 0 Å². The highest BCUT2D eigenvalue weighted by atomic mass is 16.3. The number of rotatable bonds is 3.